The van der Waals surface area contributed by atoms with Gasteiger partial charge in [-0.25, -0.2) is 0 Å². The number of fused-ring (bicyclic) bond motifs is 7. The number of carbonyl (C=O) groups excluding carboxylic acids is 1. The summed E-state index contributed by atoms with van der Waals surface area (Å²) in [5, 5.41) is 72.2. The summed E-state index contributed by atoms with van der Waals surface area (Å²) in [6.07, 6.45) is 1.86. The fourth-order valence-electron chi connectivity index (χ4n) is 15.1. The predicted molar refractivity (Wildman–Crippen MR) is 230 cm³/mol. The highest BCUT2D eigenvalue weighted by molar-refractivity contribution is 5.78. The lowest BCUT2D eigenvalue weighted by atomic mass is 9.31. The van der Waals surface area contributed by atoms with Gasteiger partial charge in [0.1, 0.15) is 18.3 Å². The number of carbonyl (C=O) groups is 2. The van der Waals surface area contributed by atoms with Crippen LogP contribution in [0.25, 0.3) is 0 Å². The minimum atomic E-state index is -1.54. The smallest absolute Gasteiger partial charge is 0.310 e. The molecule has 13 heteroatoms. The Balaban J connectivity index is 1.25. The number of ether oxygens (including phenoxy) is 3. The molecule has 2 aliphatic heterocycles. The van der Waals surface area contributed by atoms with Crippen LogP contribution in [0.15, 0.2) is 35.9 Å². The molecule has 17 atom stereocenters. The van der Waals surface area contributed by atoms with E-state index >= 15 is 0 Å². The third-order valence-corrected chi connectivity index (χ3v) is 19.0. The molecule has 8 N–H and O–H groups in total. The zero-order chi connectivity index (χ0) is 44.6. The Morgan fingerprint density at radius 3 is 2.29 bits per heavy atom. The van der Waals surface area contributed by atoms with Crippen molar-refractivity contribution in [1.29, 1.82) is 0 Å². The maximum Gasteiger partial charge on any atom is 0.310 e. The van der Waals surface area contributed by atoms with Crippen molar-refractivity contribution in [2.75, 3.05) is 33.4 Å². The summed E-state index contributed by atoms with van der Waals surface area (Å²) in [4.78, 5) is 26.2. The van der Waals surface area contributed by atoms with Crippen molar-refractivity contribution in [3.8, 4) is 0 Å². The van der Waals surface area contributed by atoms with Crippen LogP contribution in [0.4, 0.5) is 0 Å². The molecule has 0 aromatic heterocycles. The average molecular weight is 867 g/mol. The number of rotatable bonds is 12. The molecule has 8 rings (SSSR count). The van der Waals surface area contributed by atoms with Crippen LogP contribution in [0.3, 0.4) is 0 Å². The van der Waals surface area contributed by atoms with Crippen molar-refractivity contribution in [3.05, 3.63) is 47.0 Å². The number of carboxylic acid groups (broad SMARTS) is 1. The molecule has 13 nitrogen and oxygen atoms in total. The van der Waals surface area contributed by atoms with Gasteiger partial charge in [-0.2, -0.15) is 0 Å². The summed E-state index contributed by atoms with van der Waals surface area (Å²) in [5.74, 6) is -1.10. The monoisotopic (exact) mass is 867 g/mol. The molecule has 2 heterocycles. The highest BCUT2D eigenvalue weighted by Crippen LogP contribution is 2.77. The van der Waals surface area contributed by atoms with Crippen LogP contribution in [0.1, 0.15) is 110 Å². The molecule has 62 heavy (non-hydrogen) atoms. The second-order valence-corrected chi connectivity index (χ2v) is 22.2. The van der Waals surface area contributed by atoms with Gasteiger partial charge in [-0.15, -0.1) is 0 Å². The van der Waals surface area contributed by atoms with Gasteiger partial charge in [-0.05, 0) is 127 Å². The molecule has 1 amide bonds. The number of nitrogens with one attached hydrogen (secondary N) is 2. The molecule has 2 saturated heterocycles. The Kier molecular flexibility index (Phi) is 12.5. The summed E-state index contributed by atoms with van der Waals surface area (Å²) in [6, 6.07) is 8.26. The number of hydrogen-bond donors (Lipinski definition) is 8. The van der Waals surface area contributed by atoms with Gasteiger partial charge >= 0.3 is 5.97 Å². The van der Waals surface area contributed by atoms with Gasteiger partial charge in [0.2, 0.25) is 5.91 Å². The Labute approximate surface area is 367 Å². The van der Waals surface area contributed by atoms with E-state index in [1.807, 2.05) is 7.05 Å². The van der Waals surface area contributed by atoms with Crippen molar-refractivity contribution in [1.82, 2.24) is 10.6 Å². The molecule has 1 aromatic carbocycles. The zero-order valence-electron chi connectivity index (χ0n) is 37.8. The number of amides is 1. The highest BCUT2D eigenvalue weighted by Gasteiger charge is 2.73. The molecule has 7 aliphatic rings. The maximum absolute atomic E-state index is 13.4. The topological polar surface area (TPSA) is 207 Å². The first-order valence-electron chi connectivity index (χ1n) is 23.4. The molecule has 17 unspecified atom stereocenters. The number of aliphatic hydroxyl groups is 5. The zero-order valence-corrected chi connectivity index (χ0v) is 37.8. The number of hydrogen-bond acceptors (Lipinski definition) is 11. The minimum Gasteiger partial charge on any atom is -0.481 e. The van der Waals surface area contributed by atoms with Crippen molar-refractivity contribution >= 4 is 11.9 Å². The third kappa shape index (κ3) is 7.14. The van der Waals surface area contributed by atoms with Gasteiger partial charge in [-0.1, -0.05) is 70.5 Å². The quantitative estimate of drug-likeness (QED) is 0.109. The molecule has 0 radical (unpaired) electrons. The van der Waals surface area contributed by atoms with E-state index in [-0.39, 0.29) is 78.2 Å². The number of benzene rings is 1. The summed E-state index contributed by atoms with van der Waals surface area (Å²) in [7, 11) is 1.91. The van der Waals surface area contributed by atoms with E-state index in [1.165, 1.54) is 5.57 Å². The summed E-state index contributed by atoms with van der Waals surface area (Å²) in [5.41, 5.74) is 0.101. The number of carboxylic acids is 1. The fraction of sp³-hybridized carbons (Fsp3) is 0.796. The second kappa shape index (κ2) is 16.8. The molecule has 5 aliphatic carbocycles. The molecular formula is C49H74N2O11. The highest BCUT2D eigenvalue weighted by atomic mass is 16.7. The van der Waals surface area contributed by atoms with Crippen molar-refractivity contribution in [2.24, 2.45) is 62.1 Å². The first-order valence-corrected chi connectivity index (χ1v) is 23.4. The summed E-state index contributed by atoms with van der Waals surface area (Å²) >= 11 is 0. The largest absolute Gasteiger partial charge is 0.481 e. The van der Waals surface area contributed by atoms with Crippen LogP contribution in [-0.4, -0.2) is 113 Å². The van der Waals surface area contributed by atoms with E-state index in [0.29, 0.717) is 45.1 Å². The van der Waals surface area contributed by atoms with Crippen LogP contribution in [0, 0.1) is 62.1 Å². The maximum atomic E-state index is 13.4. The van der Waals surface area contributed by atoms with E-state index in [2.05, 4.69) is 75.6 Å². The van der Waals surface area contributed by atoms with Crippen LogP contribution >= 0.6 is 0 Å². The lowest BCUT2D eigenvalue weighted by Crippen LogP contribution is -2.72. The summed E-state index contributed by atoms with van der Waals surface area (Å²) < 4.78 is 20.1. The van der Waals surface area contributed by atoms with Gasteiger partial charge in [0, 0.05) is 31.5 Å². The molecule has 0 bridgehead atoms. The predicted octanol–water partition coefficient (Wildman–Crippen LogP) is 4.31. The number of aliphatic carboxylic acids is 1. The van der Waals surface area contributed by atoms with E-state index in [0.717, 1.165) is 43.4 Å². The van der Waals surface area contributed by atoms with Crippen LogP contribution in [0.5, 0.6) is 0 Å². The van der Waals surface area contributed by atoms with E-state index in [1.54, 1.807) is 0 Å². The van der Waals surface area contributed by atoms with Crippen LogP contribution in [-0.2, 0) is 37.0 Å². The lowest BCUT2D eigenvalue weighted by molar-refractivity contribution is -0.345. The second-order valence-electron chi connectivity index (χ2n) is 22.2. The van der Waals surface area contributed by atoms with Gasteiger partial charge in [-0.3, -0.25) is 9.59 Å². The van der Waals surface area contributed by atoms with Crippen LogP contribution in [0.2, 0.25) is 0 Å². The van der Waals surface area contributed by atoms with Gasteiger partial charge in [0.15, 0.2) is 6.29 Å². The minimum absolute atomic E-state index is 0.0172. The van der Waals surface area contributed by atoms with E-state index < -0.39 is 59.0 Å². The van der Waals surface area contributed by atoms with Gasteiger partial charge in [0.25, 0.3) is 0 Å². The van der Waals surface area contributed by atoms with Gasteiger partial charge in [0.05, 0.1) is 37.4 Å². The number of allylic oxidation sites excluding steroid dienone is 2. The van der Waals surface area contributed by atoms with Gasteiger partial charge < -0.3 is 55.5 Å². The SMILES string of the molecule is CNCc1ccc(COC2C(OC3OCC(O)C(O)C3O)C(C)(CO)C3CCC4(C)C(CC=C5C6CC(C)(CO)CCC6(C(=O)O)CCC54C)C3(C)C2CC2CNC(=O)C2)cc1. The van der Waals surface area contributed by atoms with Crippen LogP contribution < -0.4 is 10.6 Å². The molecule has 4 saturated carbocycles. The standard InChI is InChI=1S/C49H74N2O11/c1-44(26-52)15-17-49(43(58)59)18-16-46(3)31(33(49)21-44)11-12-36-47(46,4)14-13-35-45(2,27-53)41(62-42-39(57)38(56)34(54)25-61-42)40(60-24-29-9-7-28(8-10-29)22-50-6)32(48(35,36)5)19-30-20-37(55)51-23-30/h7-11,30,32-36,38-42,50,52-54,56-57H,12-27H2,1-6H3,(H,51,55)(H,58,59). The lowest BCUT2D eigenvalue weighted by Gasteiger charge is -2.73. The first kappa shape index (κ1) is 46.1. The molecule has 0 spiro atoms. The van der Waals surface area contributed by atoms with Crippen molar-refractivity contribution in [2.45, 2.75) is 149 Å². The molecular weight excluding hydrogens is 793 g/mol. The summed E-state index contributed by atoms with van der Waals surface area (Å²) in [6.45, 7) is 12.4. The first-order chi connectivity index (χ1) is 29.3. The Morgan fingerprint density at radius 2 is 1.65 bits per heavy atom. The molecule has 346 valence electrons. The Morgan fingerprint density at radius 1 is 0.935 bits per heavy atom. The molecule has 1 aromatic rings. The van der Waals surface area contributed by atoms with E-state index in [9.17, 15) is 40.2 Å². The van der Waals surface area contributed by atoms with Crippen molar-refractivity contribution in [3.63, 3.8) is 0 Å². The normalized spacial score (nSPS) is 47.6. The number of aliphatic hydroxyl groups excluding tert-OH is 5. The van der Waals surface area contributed by atoms with E-state index in [4.69, 9.17) is 14.2 Å². The third-order valence-electron chi connectivity index (χ3n) is 19.0. The molecule has 6 fully saturated rings. The van der Waals surface area contributed by atoms with Crippen molar-refractivity contribution < 1.29 is 54.4 Å². The Hall–Kier alpha value is -2.46. The average Bonchev–Trinajstić information content (AvgIpc) is 3.67. The Bertz CT molecular complexity index is 1860. The fourth-order valence-corrected chi connectivity index (χ4v) is 15.1.